The molecule has 1 aromatic heterocycles. The minimum Gasteiger partial charge on any atom is -0.459 e. The first kappa shape index (κ1) is 38.9. The smallest absolute Gasteiger partial charge is 0.459 e. The highest BCUT2D eigenvalue weighted by Crippen LogP contribution is 2.34. The topological polar surface area (TPSA) is 111 Å². The van der Waals surface area contributed by atoms with E-state index in [-0.39, 0.29) is 35.0 Å². The predicted molar refractivity (Wildman–Crippen MR) is 211 cm³/mol. The summed E-state index contributed by atoms with van der Waals surface area (Å²) in [6.07, 6.45) is 0.0267. The zero-order chi connectivity index (χ0) is 39.1. The van der Waals surface area contributed by atoms with E-state index in [1.54, 1.807) is 29.2 Å². The van der Waals surface area contributed by atoms with Crippen molar-refractivity contribution in [3.05, 3.63) is 132 Å². The molecule has 0 radical (unpaired) electrons. The Balaban J connectivity index is 1.18. The summed E-state index contributed by atoms with van der Waals surface area (Å²) in [5, 5.41) is 7.87. The maximum absolute atomic E-state index is 13.5. The third-order valence-electron chi connectivity index (χ3n) is 8.25. The number of benzene rings is 4. The molecule has 4 aromatic carbocycles. The van der Waals surface area contributed by atoms with Crippen molar-refractivity contribution in [2.75, 3.05) is 10.7 Å². The van der Waals surface area contributed by atoms with Crippen LogP contribution in [0.1, 0.15) is 42.0 Å². The van der Waals surface area contributed by atoms with Gasteiger partial charge in [-0.15, -0.1) is 18.3 Å². The van der Waals surface area contributed by atoms with Crippen molar-refractivity contribution < 1.29 is 32.2 Å². The number of alkyl halides is 3. The van der Waals surface area contributed by atoms with Crippen LogP contribution in [-0.2, 0) is 20.9 Å². The predicted octanol–water partition coefficient (Wildman–Crippen LogP) is 8.40. The molecule has 1 saturated heterocycles. The van der Waals surface area contributed by atoms with Gasteiger partial charge in [0.15, 0.2) is 16.1 Å². The molecule has 0 aliphatic carbocycles. The van der Waals surface area contributed by atoms with Gasteiger partial charge >= 0.3 is 12.3 Å². The molecular formula is C40H35F3N6O4S2. The number of hydrogen-bond donors (Lipinski definition) is 1. The van der Waals surface area contributed by atoms with Gasteiger partial charge in [-0.2, -0.15) is 4.99 Å². The molecule has 1 fully saturated rings. The Morgan fingerprint density at radius 1 is 1.04 bits per heavy atom. The summed E-state index contributed by atoms with van der Waals surface area (Å²) >= 11 is 6.90. The van der Waals surface area contributed by atoms with Crippen LogP contribution in [0.3, 0.4) is 0 Å². The van der Waals surface area contributed by atoms with Crippen LogP contribution >= 0.6 is 24.0 Å². The van der Waals surface area contributed by atoms with Crippen molar-refractivity contribution in [2.45, 2.75) is 45.7 Å². The highest BCUT2D eigenvalue weighted by Gasteiger charge is 2.33. The van der Waals surface area contributed by atoms with Crippen molar-refractivity contribution in [1.82, 2.24) is 20.1 Å². The van der Waals surface area contributed by atoms with E-state index in [0.717, 1.165) is 27.9 Å². The Bertz CT molecular complexity index is 2220. The summed E-state index contributed by atoms with van der Waals surface area (Å²) in [5.41, 5.74) is 5.50. The Morgan fingerprint density at radius 3 is 2.45 bits per heavy atom. The number of anilines is 1. The number of nitrogens with one attached hydrogen (secondary N) is 1. The standard InChI is InChI=1S/C40H35F3N6O4S2/c1-25(2)32-19-9-26(3)21-34(32)49-35(50)23-55-39(49)46-38(54)45-33(37(51)52-22-28-7-5-4-6-8-28)20-12-27-10-13-29(14-11-27)36-44-24-48(47-36)30-15-17-31(18-16-30)53-40(41,42)43/h4-21,24-25,33H,22-23H2,1-3H3,(H,45,54)/b20-12-,46-39-. The number of nitrogens with zero attached hydrogens (tertiary/aromatic N) is 5. The molecule has 1 atom stereocenters. The molecule has 282 valence electrons. The monoisotopic (exact) mass is 784 g/mol. The van der Waals surface area contributed by atoms with Crippen LogP contribution in [0.25, 0.3) is 23.2 Å². The second-order valence-corrected chi connectivity index (χ2v) is 14.0. The SMILES string of the molecule is Cc1ccc(C(C)C)c(N2C(=O)CS/C2=N\C(=S)NC(/C=C\c2ccc(-c3ncn(-c4ccc(OC(F)(F)F)cc4)n3)cc2)C(=O)OCc2ccccc2)c1. The van der Waals surface area contributed by atoms with Crippen molar-refractivity contribution >= 4 is 57.9 Å². The van der Waals surface area contributed by atoms with Crippen LogP contribution in [-0.4, -0.2) is 55.1 Å². The first-order valence-corrected chi connectivity index (χ1v) is 18.4. The maximum atomic E-state index is 13.5. The van der Waals surface area contributed by atoms with Crippen LogP contribution in [0.2, 0.25) is 0 Å². The molecule has 5 aromatic rings. The number of esters is 1. The summed E-state index contributed by atoms with van der Waals surface area (Å²) in [5.74, 6) is -0.283. The second kappa shape index (κ2) is 17.1. The van der Waals surface area contributed by atoms with Gasteiger partial charge in [-0.1, -0.05) is 104 Å². The van der Waals surface area contributed by atoms with Crippen molar-refractivity contribution in [1.29, 1.82) is 0 Å². The van der Waals surface area contributed by atoms with Gasteiger partial charge in [0.05, 0.1) is 17.1 Å². The number of halogens is 3. The number of carbonyl (C=O) groups excluding carboxylic acids is 2. The molecule has 1 amide bonds. The zero-order valence-electron chi connectivity index (χ0n) is 29.9. The Kier molecular flexibility index (Phi) is 12.1. The highest BCUT2D eigenvalue weighted by atomic mass is 32.2. The minimum atomic E-state index is -4.78. The molecule has 1 aliphatic rings. The Labute approximate surface area is 325 Å². The van der Waals surface area contributed by atoms with E-state index in [4.69, 9.17) is 17.0 Å². The third kappa shape index (κ3) is 10.2. The molecule has 2 heterocycles. The lowest BCUT2D eigenvalue weighted by molar-refractivity contribution is -0.274. The van der Waals surface area contributed by atoms with E-state index in [1.165, 1.54) is 47.0 Å². The molecule has 0 spiro atoms. The number of rotatable bonds is 11. The first-order chi connectivity index (χ1) is 26.3. The van der Waals surface area contributed by atoms with Crippen LogP contribution in [0.5, 0.6) is 5.75 Å². The minimum absolute atomic E-state index is 0.00628. The molecule has 6 rings (SSSR count). The zero-order valence-corrected chi connectivity index (χ0v) is 31.5. The van der Waals surface area contributed by atoms with Gasteiger partial charge in [-0.05, 0) is 77.6 Å². The number of amides is 1. The molecular weight excluding hydrogens is 750 g/mol. The normalized spacial score (nSPS) is 14.5. The fraction of sp³-hybridized carbons (Fsp3) is 0.200. The number of thiocarbonyl (C=S) groups is 1. The van der Waals surface area contributed by atoms with Crippen molar-refractivity contribution in [3.63, 3.8) is 0 Å². The second-order valence-electron chi connectivity index (χ2n) is 12.7. The van der Waals surface area contributed by atoms with Gasteiger partial charge in [-0.3, -0.25) is 9.69 Å². The van der Waals surface area contributed by atoms with Crippen molar-refractivity contribution in [2.24, 2.45) is 4.99 Å². The van der Waals surface area contributed by atoms with Gasteiger partial charge in [-0.25, -0.2) is 14.5 Å². The van der Waals surface area contributed by atoms with E-state index in [2.05, 4.69) is 39.0 Å². The van der Waals surface area contributed by atoms with E-state index >= 15 is 0 Å². The average Bonchev–Trinajstić information content (AvgIpc) is 3.79. The number of ether oxygens (including phenoxy) is 2. The van der Waals surface area contributed by atoms with Gasteiger partial charge in [0.2, 0.25) is 5.91 Å². The molecule has 1 unspecified atom stereocenters. The molecule has 15 heteroatoms. The number of aromatic nitrogens is 3. The summed E-state index contributed by atoms with van der Waals surface area (Å²) in [6.45, 7) is 6.14. The quantitative estimate of drug-likeness (QED) is 0.104. The largest absolute Gasteiger partial charge is 0.573 e. The van der Waals surface area contributed by atoms with E-state index in [1.807, 2.05) is 67.6 Å². The van der Waals surface area contributed by atoms with Crippen LogP contribution < -0.4 is 15.0 Å². The van der Waals surface area contributed by atoms with Crippen LogP contribution in [0.15, 0.2) is 114 Å². The average molecular weight is 785 g/mol. The summed E-state index contributed by atoms with van der Waals surface area (Å²) in [7, 11) is 0. The van der Waals surface area contributed by atoms with E-state index in [0.29, 0.717) is 22.2 Å². The molecule has 1 aliphatic heterocycles. The third-order valence-corrected chi connectivity index (χ3v) is 9.38. The van der Waals surface area contributed by atoms with Gasteiger partial charge < -0.3 is 14.8 Å². The number of amidine groups is 1. The van der Waals surface area contributed by atoms with Gasteiger partial charge in [0, 0.05) is 5.56 Å². The van der Waals surface area contributed by atoms with Crippen LogP contribution in [0, 0.1) is 6.92 Å². The van der Waals surface area contributed by atoms with E-state index in [9.17, 15) is 22.8 Å². The number of hydrogen-bond acceptors (Lipinski definition) is 8. The summed E-state index contributed by atoms with van der Waals surface area (Å²) in [4.78, 5) is 37.1. The number of aliphatic imine (C=N–C) groups is 1. The fourth-order valence-electron chi connectivity index (χ4n) is 5.54. The number of carbonyl (C=O) groups is 2. The lowest BCUT2D eigenvalue weighted by Gasteiger charge is -2.22. The molecule has 10 nitrogen and oxygen atoms in total. The van der Waals surface area contributed by atoms with Gasteiger partial charge in [0.1, 0.15) is 24.7 Å². The highest BCUT2D eigenvalue weighted by molar-refractivity contribution is 8.15. The summed E-state index contributed by atoms with van der Waals surface area (Å²) < 4.78 is 48.6. The van der Waals surface area contributed by atoms with E-state index < -0.39 is 18.4 Å². The number of aryl methyl sites for hydroxylation is 1. The molecule has 0 saturated carbocycles. The van der Waals surface area contributed by atoms with Gasteiger partial charge in [0.25, 0.3) is 0 Å². The summed E-state index contributed by atoms with van der Waals surface area (Å²) in [6, 6.07) is 26.7. The fourth-order valence-corrected chi connectivity index (χ4v) is 6.68. The van der Waals surface area contributed by atoms with Crippen LogP contribution in [0.4, 0.5) is 18.9 Å². The molecule has 0 bridgehead atoms. The maximum Gasteiger partial charge on any atom is 0.573 e. The Hall–Kier alpha value is -5.80. The number of thioether (sulfide) groups is 1. The lowest BCUT2D eigenvalue weighted by Crippen LogP contribution is -2.40. The Morgan fingerprint density at radius 2 is 1.76 bits per heavy atom. The first-order valence-electron chi connectivity index (χ1n) is 17.1. The molecule has 1 N–H and O–H groups in total. The molecule has 55 heavy (non-hydrogen) atoms. The lowest BCUT2D eigenvalue weighted by atomic mass is 9.99. The van der Waals surface area contributed by atoms with Crippen molar-refractivity contribution in [3.8, 4) is 22.8 Å².